The third-order valence-corrected chi connectivity index (χ3v) is 4.06. The number of rotatable bonds is 7. The summed E-state index contributed by atoms with van der Waals surface area (Å²) in [4.78, 5) is 23.9. The molecule has 0 radical (unpaired) electrons. The predicted octanol–water partition coefficient (Wildman–Crippen LogP) is 2.11. The number of fused-ring (bicyclic) bond motifs is 1. The number of benzene rings is 2. The van der Waals surface area contributed by atoms with Gasteiger partial charge in [0.15, 0.2) is 6.61 Å². The molecule has 0 saturated heterocycles. The molecule has 140 valence electrons. The summed E-state index contributed by atoms with van der Waals surface area (Å²) in [6, 6.07) is 11.3. The van der Waals surface area contributed by atoms with Gasteiger partial charge in [0.1, 0.15) is 11.3 Å². The van der Waals surface area contributed by atoms with E-state index in [2.05, 4.69) is 15.6 Å². The minimum Gasteiger partial charge on any atom is -0.452 e. The van der Waals surface area contributed by atoms with Crippen molar-refractivity contribution >= 4 is 22.9 Å². The molecule has 3 aromatic rings. The Labute approximate surface area is 155 Å². The summed E-state index contributed by atoms with van der Waals surface area (Å²) in [6.07, 6.45) is 0.357. The van der Waals surface area contributed by atoms with Gasteiger partial charge in [-0.2, -0.15) is 0 Å². The highest BCUT2D eigenvalue weighted by Crippen LogP contribution is 2.14. The molecule has 3 rings (SSSR count). The first kappa shape index (κ1) is 18.5. The summed E-state index contributed by atoms with van der Waals surface area (Å²) in [5.74, 6) is -1.38. The van der Waals surface area contributed by atoms with Crippen molar-refractivity contribution in [2.24, 2.45) is 0 Å². The van der Waals surface area contributed by atoms with Crippen LogP contribution in [0.25, 0.3) is 11.0 Å². The van der Waals surface area contributed by atoms with Crippen molar-refractivity contribution in [1.82, 2.24) is 20.3 Å². The molecular weight excluding hydrogens is 351 g/mol. The van der Waals surface area contributed by atoms with Gasteiger partial charge in [-0.1, -0.05) is 23.4 Å². The maximum atomic E-state index is 13.5. The first-order chi connectivity index (χ1) is 13.1. The molecule has 0 aliphatic carbocycles. The molecule has 0 fully saturated rings. The number of carbonyl (C=O) groups is 2. The highest BCUT2D eigenvalue weighted by Gasteiger charge is 2.13. The molecular formula is C19H19FN4O3. The van der Waals surface area contributed by atoms with Crippen LogP contribution in [0, 0.1) is 5.82 Å². The zero-order valence-electron chi connectivity index (χ0n) is 14.8. The molecule has 2 aromatic carbocycles. The SMILES string of the molecule is CCn1nnc2cc(C(=O)OCC(=O)NCCc3ccccc3F)ccc21. The summed E-state index contributed by atoms with van der Waals surface area (Å²) >= 11 is 0. The van der Waals surface area contributed by atoms with Gasteiger partial charge in [-0.3, -0.25) is 4.79 Å². The maximum absolute atomic E-state index is 13.5. The van der Waals surface area contributed by atoms with E-state index < -0.39 is 18.5 Å². The number of nitrogens with one attached hydrogen (secondary N) is 1. The number of hydrogen-bond donors (Lipinski definition) is 1. The number of nitrogens with zero attached hydrogens (tertiary/aromatic N) is 3. The average molecular weight is 370 g/mol. The van der Waals surface area contributed by atoms with E-state index in [-0.39, 0.29) is 12.4 Å². The van der Waals surface area contributed by atoms with Crippen LogP contribution >= 0.6 is 0 Å². The number of esters is 1. The van der Waals surface area contributed by atoms with Crippen molar-refractivity contribution < 1.29 is 18.7 Å². The number of halogens is 1. The van der Waals surface area contributed by atoms with Gasteiger partial charge in [-0.25, -0.2) is 13.9 Å². The summed E-state index contributed by atoms with van der Waals surface area (Å²) in [5, 5.41) is 10.6. The molecule has 7 nitrogen and oxygen atoms in total. The van der Waals surface area contributed by atoms with E-state index in [0.29, 0.717) is 29.6 Å². The first-order valence-electron chi connectivity index (χ1n) is 8.59. The quantitative estimate of drug-likeness (QED) is 0.644. The summed E-state index contributed by atoms with van der Waals surface area (Å²) in [7, 11) is 0. The van der Waals surface area contributed by atoms with E-state index in [0.717, 1.165) is 5.52 Å². The number of aryl methyl sites for hydroxylation is 1. The van der Waals surface area contributed by atoms with Crippen molar-refractivity contribution in [3.63, 3.8) is 0 Å². The standard InChI is InChI=1S/C19H19FN4O3/c1-2-24-17-8-7-14(11-16(17)22-23-24)19(26)27-12-18(25)21-10-9-13-5-3-4-6-15(13)20/h3-8,11H,2,9-10,12H2,1H3,(H,21,25). The van der Waals surface area contributed by atoms with Crippen molar-refractivity contribution in [2.75, 3.05) is 13.2 Å². The minimum absolute atomic E-state index is 0.253. The minimum atomic E-state index is -0.618. The van der Waals surface area contributed by atoms with Gasteiger partial charge in [0, 0.05) is 13.1 Å². The third kappa shape index (κ3) is 4.46. The summed E-state index contributed by atoms with van der Waals surface area (Å²) in [5.41, 5.74) is 2.22. The molecule has 0 saturated carbocycles. The van der Waals surface area contributed by atoms with Crippen LogP contribution in [0.2, 0.25) is 0 Å². The molecule has 0 atom stereocenters. The second-order valence-corrected chi connectivity index (χ2v) is 5.88. The van der Waals surface area contributed by atoms with E-state index in [9.17, 15) is 14.0 Å². The van der Waals surface area contributed by atoms with Crippen molar-refractivity contribution in [2.45, 2.75) is 19.9 Å². The fraction of sp³-hybridized carbons (Fsp3) is 0.263. The lowest BCUT2D eigenvalue weighted by molar-refractivity contribution is -0.124. The van der Waals surface area contributed by atoms with Gasteiger partial charge in [0.2, 0.25) is 0 Å². The van der Waals surface area contributed by atoms with Crippen LogP contribution in [0.5, 0.6) is 0 Å². The Bertz CT molecular complexity index is 970. The molecule has 0 spiro atoms. The Hall–Kier alpha value is -3.29. The van der Waals surface area contributed by atoms with Crippen LogP contribution in [0.4, 0.5) is 4.39 Å². The lowest BCUT2D eigenvalue weighted by Gasteiger charge is -2.07. The topological polar surface area (TPSA) is 86.1 Å². The lowest BCUT2D eigenvalue weighted by Crippen LogP contribution is -2.30. The van der Waals surface area contributed by atoms with Crippen molar-refractivity contribution in [1.29, 1.82) is 0 Å². The Morgan fingerprint density at radius 2 is 2.04 bits per heavy atom. The monoisotopic (exact) mass is 370 g/mol. The van der Waals surface area contributed by atoms with E-state index >= 15 is 0 Å². The van der Waals surface area contributed by atoms with Gasteiger partial charge >= 0.3 is 5.97 Å². The van der Waals surface area contributed by atoms with Gasteiger partial charge < -0.3 is 10.1 Å². The summed E-state index contributed by atoms with van der Waals surface area (Å²) in [6.45, 7) is 2.47. The number of ether oxygens (including phenoxy) is 1. The number of amides is 1. The van der Waals surface area contributed by atoms with Crippen molar-refractivity contribution in [3.05, 3.63) is 59.4 Å². The number of hydrogen-bond acceptors (Lipinski definition) is 5. The van der Waals surface area contributed by atoms with Crippen LogP contribution in [-0.2, 0) is 22.5 Å². The predicted molar refractivity (Wildman–Crippen MR) is 96.6 cm³/mol. The Morgan fingerprint density at radius 3 is 2.81 bits per heavy atom. The molecule has 1 amide bonds. The molecule has 0 aliphatic rings. The van der Waals surface area contributed by atoms with Crippen LogP contribution < -0.4 is 5.32 Å². The molecule has 8 heteroatoms. The van der Waals surface area contributed by atoms with Gasteiger partial charge in [-0.05, 0) is 43.2 Å². The molecule has 1 N–H and O–H groups in total. The van der Waals surface area contributed by atoms with Gasteiger partial charge in [0.25, 0.3) is 5.91 Å². The van der Waals surface area contributed by atoms with Crippen LogP contribution in [0.1, 0.15) is 22.8 Å². The Kier molecular flexibility index (Phi) is 5.75. The smallest absolute Gasteiger partial charge is 0.338 e. The normalized spacial score (nSPS) is 10.7. The highest BCUT2D eigenvalue weighted by molar-refractivity contribution is 5.94. The van der Waals surface area contributed by atoms with Gasteiger partial charge in [0.05, 0.1) is 11.1 Å². The highest BCUT2D eigenvalue weighted by atomic mass is 19.1. The van der Waals surface area contributed by atoms with E-state index in [4.69, 9.17) is 4.74 Å². The van der Waals surface area contributed by atoms with Crippen LogP contribution in [0.3, 0.4) is 0 Å². The molecule has 1 aromatic heterocycles. The van der Waals surface area contributed by atoms with E-state index in [1.807, 2.05) is 6.92 Å². The Balaban J connectivity index is 1.48. The summed E-state index contributed by atoms with van der Waals surface area (Å²) < 4.78 is 20.2. The zero-order valence-corrected chi connectivity index (χ0v) is 14.8. The molecule has 0 bridgehead atoms. The Morgan fingerprint density at radius 1 is 1.22 bits per heavy atom. The molecule has 27 heavy (non-hydrogen) atoms. The molecule has 0 aliphatic heterocycles. The van der Waals surface area contributed by atoms with Gasteiger partial charge in [-0.15, -0.1) is 5.10 Å². The zero-order chi connectivity index (χ0) is 19.2. The first-order valence-corrected chi connectivity index (χ1v) is 8.59. The average Bonchev–Trinajstić information content (AvgIpc) is 3.10. The van der Waals surface area contributed by atoms with Crippen LogP contribution in [0.15, 0.2) is 42.5 Å². The van der Waals surface area contributed by atoms with E-state index in [1.165, 1.54) is 6.07 Å². The fourth-order valence-corrected chi connectivity index (χ4v) is 2.64. The maximum Gasteiger partial charge on any atom is 0.338 e. The number of aromatic nitrogens is 3. The molecule has 0 unspecified atom stereocenters. The second-order valence-electron chi connectivity index (χ2n) is 5.88. The largest absolute Gasteiger partial charge is 0.452 e. The lowest BCUT2D eigenvalue weighted by atomic mass is 10.1. The third-order valence-electron chi connectivity index (χ3n) is 4.06. The van der Waals surface area contributed by atoms with Crippen molar-refractivity contribution in [3.8, 4) is 0 Å². The molecule has 1 heterocycles. The fourth-order valence-electron chi connectivity index (χ4n) is 2.64. The number of carbonyl (C=O) groups excluding carboxylic acids is 2. The second kappa shape index (κ2) is 8.39. The van der Waals surface area contributed by atoms with E-state index in [1.54, 1.807) is 41.1 Å². The van der Waals surface area contributed by atoms with Crippen LogP contribution in [-0.4, -0.2) is 40.0 Å².